The van der Waals surface area contributed by atoms with E-state index in [4.69, 9.17) is 4.74 Å². The van der Waals surface area contributed by atoms with Crippen molar-refractivity contribution >= 4 is 11.7 Å². The minimum absolute atomic E-state index is 0.0172. The Morgan fingerprint density at radius 1 is 1.16 bits per heavy atom. The number of nitrogens with one attached hydrogen (secondary N) is 2. The zero-order valence-electron chi connectivity index (χ0n) is 13.3. The third-order valence-electron chi connectivity index (χ3n) is 3.65. The molecule has 2 amide bonds. The molecule has 1 heterocycles. The summed E-state index contributed by atoms with van der Waals surface area (Å²) < 4.78 is 69.6. The molecule has 0 aliphatic carbocycles. The topological polar surface area (TPSA) is 53.6 Å². The molecule has 140 valence electrons. The highest BCUT2D eigenvalue weighted by molar-refractivity contribution is 5.89. The summed E-state index contributed by atoms with van der Waals surface area (Å²) in [7, 11) is 0. The molecular formula is C15H18F5N3O2. The van der Waals surface area contributed by atoms with Crippen molar-refractivity contribution in [2.45, 2.75) is 12.6 Å². The van der Waals surface area contributed by atoms with Gasteiger partial charge in [-0.05, 0) is 19.0 Å². The highest BCUT2D eigenvalue weighted by Crippen LogP contribution is 2.33. The van der Waals surface area contributed by atoms with Crippen LogP contribution in [0.15, 0.2) is 12.1 Å². The first-order chi connectivity index (χ1) is 11.8. The maximum atomic E-state index is 13.6. The minimum atomic E-state index is -5.01. The molecule has 0 bridgehead atoms. The Morgan fingerprint density at radius 3 is 2.48 bits per heavy atom. The maximum absolute atomic E-state index is 13.6. The SMILES string of the molecule is O=C(NCCCN1CCOCC1)Nc1cc(F)c(C(F)(F)F)cc1F. The fourth-order valence-corrected chi connectivity index (χ4v) is 2.36. The molecule has 0 atom stereocenters. The molecular weight excluding hydrogens is 349 g/mol. The summed E-state index contributed by atoms with van der Waals surface area (Å²) in [6, 6.07) is -0.491. The number of carbonyl (C=O) groups excluding carboxylic acids is 1. The fourth-order valence-electron chi connectivity index (χ4n) is 2.36. The van der Waals surface area contributed by atoms with Crippen molar-refractivity contribution in [2.24, 2.45) is 0 Å². The van der Waals surface area contributed by atoms with Gasteiger partial charge in [-0.15, -0.1) is 0 Å². The highest BCUT2D eigenvalue weighted by atomic mass is 19.4. The van der Waals surface area contributed by atoms with Crippen LogP contribution in [0, 0.1) is 11.6 Å². The van der Waals surface area contributed by atoms with Crippen molar-refractivity contribution < 1.29 is 31.5 Å². The van der Waals surface area contributed by atoms with Gasteiger partial charge in [-0.1, -0.05) is 0 Å². The van der Waals surface area contributed by atoms with Crippen LogP contribution in [-0.2, 0) is 10.9 Å². The summed E-state index contributed by atoms with van der Waals surface area (Å²) in [5.41, 5.74) is -2.38. The normalized spacial score (nSPS) is 15.9. The zero-order valence-corrected chi connectivity index (χ0v) is 13.3. The molecule has 25 heavy (non-hydrogen) atoms. The second-order valence-corrected chi connectivity index (χ2v) is 5.50. The van der Waals surface area contributed by atoms with Crippen LogP contribution in [0.4, 0.5) is 32.4 Å². The first-order valence-corrected chi connectivity index (χ1v) is 7.68. The lowest BCUT2D eigenvalue weighted by Crippen LogP contribution is -2.38. The molecule has 2 N–H and O–H groups in total. The molecule has 0 spiro atoms. The number of alkyl halides is 3. The van der Waals surface area contributed by atoms with Crippen LogP contribution in [0.2, 0.25) is 0 Å². The lowest BCUT2D eigenvalue weighted by atomic mass is 10.1. The number of hydrogen-bond acceptors (Lipinski definition) is 3. The van der Waals surface area contributed by atoms with Gasteiger partial charge in [0.15, 0.2) is 0 Å². The summed E-state index contributed by atoms with van der Waals surface area (Å²) in [6.07, 6.45) is -4.37. The number of rotatable bonds is 5. The van der Waals surface area contributed by atoms with Crippen LogP contribution in [0.25, 0.3) is 0 Å². The van der Waals surface area contributed by atoms with Crippen LogP contribution in [0.1, 0.15) is 12.0 Å². The number of ether oxygens (including phenoxy) is 1. The first-order valence-electron chi connectivity index (χ1n) is 7.68. The van der Waals surface area contributed by atoms with Crippen LogP contribution in [-0.4, -0.2) is 50.3 Å². The van der Waals surface area contributed by atoms with E-state index in [1.807, 2.05) is 5.32 Å². The molecule has 1 aromatic rings. The van der Waals surface area contributed by atoms with Gasteiger partial charge in [0.2, 0.25) is 0 Å². The van der Waals surface area contributed by atoms with Crippen molar-refractivity contribution in [3.8, 4) is 0 Å². The van der Waals surface area contributed by atoms with Gasteiger partial charge in [-0.2, -0.15) is 13.2 Å². The third kappa shape index (κ3) is 5.82. The van der Waals surface area contributed by atoms with Crippen LogP contribution in [0.5, 0.6) is 0 Å². The maximum Gasteiger partial charge on any atom is 0.419 e. The molecule has 10 heteroatoms. The van der Waals surface area contributed by atoms with Crippen LogP contribution >= 0.6 is 0 Å². The molecule has 0 radical (unpaired) electrons. The predicted octanol–water partition coefficient (Wildman–Crippen LogP) is 2.83. The van der Waals surface area contributed by atoms with Gasteiger partial charge in [0.05, 0.1) is 24.5 Å². The van der Waals surface area contributed by atoms with Crippen molar-refractivity contribution in [1.29, 1.82) is 0 Å². The van der Waals surface area contributed by atoms with E-state index in [1.165, 1.54) is 0 Å². The predicted molar refractivity (Wildman–Crippen MR) is 80.3 cm³/mol. The van der Waals surface area contributed by atoms with Gasteiger partial charge in [0.25, 0.3) is 0 Å². The van der Waals surface area contributed by atoms with Crippen molar-refractivity contribution in [3.05, 3.63) is 29.3 Å². The second kappa shape index (κ2) is 8.43. The number of carbonyl (C=O) groups is 1. The monoisotopic (exact) mass is 367 g/mol. The van der Waals surface area contributed by atoms with E-state index in [-0.39, 0.29) is 12.6 Å². The lowest BCUT2D eigenvalue weighted by Gasteiger charge is -2.26. The fraction of sp³-hybridized carbons (Fsp3) is 0.533. The van der Waals surface area contributed by atoms with Gasteiger partial charge in [-0.25, -0.2) is 13.6 Å². The summed E-state index contributed by atoms with van der Waals surface area (Å²) >= 11 is 0. The average Bonchev–Trinajstić information content (AvgIpc) is 2.54. The Kier molecular flexibility index (Phi) is 6.54. The number of anilines is 1. The summed E-state index contributed by atoms with van der Waals surface area (Å²) in [4.78, 5) is 13.8. The molecule has 1 aliphatic rings. The van der Waals surface area contributed by atoms with Crippen LogP contribution in [0.3, 0.4) is 0 Å². The van der Waals surface area contributed by atoms with Gasteiger partial charge in [0.1, 0.15) is 11.6 Å². The Morgan fingerprint density at radius 2 is 1.84 bits per heavy atom. The van der Waals surface area contributed by atoms with E-state index in [0.29, 0.717) is 25.7 Å². The molecule has 1 aromatic carbocycles. The Labute approximate surface area is 141 Å². The number of hydrogen-bond donors (Lipinski definition) is 2. The quantitative estimate of drug-likeness (QED) is 0.622. The molecule has 0 aromatic heterocycles. The zero-order chi connectivity index (χ0) is 18.4. The first kappa shape index (κ1) is 19.4. The third-order valence-corrected chi connectivity index (χ3v) is 3.65. The lowest BCUT2D eigenvalue weighted by molar-refractivity contribution is -0.140. The van der Waals surface area contributed by atoms with E-state index >= 15 is 0 Å². The number of amides is 2. The smallest absolute Gasteiger partial charge is 0.379 e. The Bertz CT molecular complexity index is 604. The van der Waals surface area contributed by atoms with E-state index in [0.717, 1.165) is 19.6 Å². The number of urea groups is 1. The second-order valence-electron chi connectivity index (χ2n) is 5.50. The van der Waals surface area contributed by atoms with E-state index in [9.17, 15) is 26.7 Å². The molecule has 1 aliphatic heterocycles. The van der Waals surface area contributed by atoms with E-state index in [2.05, 4.69) is 10.2 Å². The van der Waals surface area contributed by atoms with Crippen molar-refractivity contribution in [3.63, 3.8) is 0 Å². The number of nitrogens with zero attached hydrogens (tertiary/aromatic N) is 1. The van der Waals surface area contributed by atoms with Gasteiger partial charge < -0.3 is 15.4 Å². The Balaban J connectivity index is 1.81. The molecule has 2 rings (SSSR count). The molecule has 0 saturated carbocycles. The largest absolute Gasteiger partial charge is 0.419 e. The highest BCUT2D eigenvalue weighted by Gasteiger charge is 2.35. The molecule has 0 unspecified atom stereocenters. The molecule has 1 saturated heterocycles. The van der Waals surface area contributed by atoms with E-state index in [1.54, 1.807) is 0 Å². The number of benzene rings is 1. The average molecular weight is 367 g/mol. The van der Waals surface area contributed by atoms with Gasteiger partial charge in [-0.3, -0.25) is 4.90 Å². The minimum Gasteiger partial charge on any atom is -0.379 e. The van der Waals surface area contributed by atoms with Gasteiger partial charge in [0, 0.05) is 25.7 Å². The molecule has 5 nitrogen and oxygen atoms in total. The number of morpholine rings is 1. The number of halogens is 5. The van der Waals surface area contributed by atoms with Crippen LogP contribution < -0.4 is 10.6 Å². The van der Waals surface area contributed by atoms with Crippen molar-refractivity contribution in [1.82, 2.24) is 10.2 Å². The summed E-state index contributed by atoms with van der Waals surface area (Å²) in [6.45, 7) is 3.96. The summed E-state index contributed by atoms with van der Waals surface area (Å²) in [5, 5.41) is 4.45. The Hall–Kier alpha value is -1.94. The van der Waals surface area contributed by atoms with E-state index < -0.39 is 35.1 Å². The van der Waals surface area contributed by atoms with Crippen molar-refractivity contribution in [2.75, 3.05) is 44.7 Å². The van der Waals surface area contributed by atoms with Gasteiger partial charge >= 0.3 is 12.2 Å². The molecule has 1 fully saturated rings. The summed E-state index contributed by atoms with van der Waals surface area (Å²) in [5.74, 6) is -3.02. The standard InChI is InChI=1S/C15H18F5N3O2/c16-11-9-13(12(17)8-10(11)15(18,19)20)22-14(24)21-2-1-3-23-4-6-25-7-5-23/h8-9H,1-7H2,(H2,21,22,24).